The number of nitrogens with one attached hydrogen (secondary N) is 1. The molecule has 1 heterocycles. The molecule has 0 bridgehead atoms. The molecule has 1 fully saturated rings. The second-order valence-electron chi connectivity index (χ2n) is 6.89. The molecule has 3 rings (SSSR count). The smallest absolute Gasteiger partial charge is 0.161 e. The number of nitrogens with zero attached hydrogens (tertiary/aromatic N) is 1. The molecule has 2 aromatic carbocycles. The molecule has 1 saturated heterocycles. The highest BCUT2D eigenvalue weighted by atomic mass is 35.5. The number of halogens is 2. The normalized spacial score (nSPS) is 13.9. The Bertz CT molecular complexity index is 708. The number of hydrogen-bond donors (Lipinski definition) is 1. The van der Waals surface area contributed by atoms with Gasteiger partial charge in [-0.2, -0.15) is 0 Å². The molecule has 162 valence electrons. The number of methoxy groups -OCH3 is 1. The van der Waals surface area contributed by atoms with Gasteiger partial charge in [0.15, 0.2) is 11.5 Å². The summed E-state index contributed by atoms with van der Waals surface area (Å²) < 4.78 is 16.8. The molecule has 29 heavy (non-hydrogen) atoms. The molecule has 7 heteroatoms. The first kappa shape index (κ1) is 25.5. The van der Waals surface area contributed by atoms with Crippen molar-refractivity contribution in [1.29, 1.82) is 0 Å². The van der Waals surface area contributed by atoms with Crippen LogP contribution in [0.3, 0.4) is 0 Å². The minimum atomic E-state index is 0. The van der Waals surface area contributed by atoms with Gasteiger partial charge in [0.05, 0.1) is 20.3 Å². The van der Waals surface area contributed by atoms with Crippen LogP contribution in [0.5, 0.6) is 11.5 Å². The standard InChI is InChI=1S/C22H30N2O3.2ClH/c1-18-3-5-19(6-4-18)17-27-21-8-7-20(15-22(21)25-2)16-23-9-10-24-11-13-26-14-12-24;;/h3-8,15,23H,9-14,16-17H2,1-2H3;2*1H. The third-order valence-electron chi connectivity index (χ3n) is 4.78. The fourth-order valence-corrected chi connectivity index (χ4v) is 3.08. The average Bonchev–Trinajstić information content (AvgIpc) is 2.72. The molecule has 0 aromatic heterocycles. The number of morpholine rings is 1. The molecule has 0 aliphatic carbocycles. The molecule has 0 atom stereocenters. The van der Waals surface area contributed by atoms with Crippen molar-refractivity contribution in [3.05, 3.63) is 59.2 Å². The van der Waals surface area contributed by atoms with Crippen LogP contribution in [0.25, 0.3) is 0 Å². The Balaban J connectivity index is 0.00000210. The summed E-state index contributed by atoms with van der Waals surface area (Å²) in [5, 5.41) is 3.50. The van der Waals surface area contributed by atoms with Crippen molar-refractivity contribution in [1.82, 2.24) is 10.2 Å². The van der Waals surface area contributed by atoms with Gasteiger partial charge in [-0.15, -0.1) is 24.8 Å². The van der Waals surface area contributed by atoms with Crippen molar-refractivity contribution in [3.63, 3.8) is 0 Å². The van der Waals surface area contributed by atoms with Crippen LogP contribution in [-0.4, -0.2) is 51.4 Å². The number of aryl methyl sites for hydroxylation is 1. The van der Waals surface area contributed by atoms with Crippen LogP contribution in [-0.2, 0) is 17.9 Å². The largest absolute Gasteiger partial charge is 0.493 e. The summed E-state index contributed by atoms with van der Waals surface area (Å²) in [4.78, 5) is 2.43. The van der Waals surface area contributed by atoms with Gasteiger partial charge in [0.2, 0.25) is 0 Å². The number of ether oxygens (including phenoxy) is 3. The summed E-state index contributed by atoms with van der Waals surface area (Å²) >= 11 is 0. The van der Waals surface area contributed by atoms with Crippen LogP contribution < -0.4 is 14.8 Å². The maximum atomic E-state index is 5.95. The van der Waals surface area contributed by atoms with Crippen LogP contribution in [0.2, 0.25) is 0 Å². The predicted molar refractivity (Wildman–Crippen MR) is 122 cm³/mol. The molecule has 0 unspecified atom stereocenters. The maximum Gasteiger partial charge on any atom is 0.161 e. The first-order valence-corrected chi connectivity index (χ1v) is 9.60. The van der Waals surface area contributed by atoms with E-state index in [1.165, 1.54) is 11.1 Å². The monoisotopic (exact) mass is 442 g/mol. The second-order valence-corrected chi connectivity index (χ2v) is 6.89. The number of benzene rings is 2. The van der Waals surface area contributed by atoms with Gasteiger partial charge < -0.3 is 19.5 Å². The third-order valence-corrected chi connectivity index (χ3v) is 4.78. The number of hydrogen-bond acceptors (Lipinski definition) is 5. The molecule has 0 radical (unpaired) electrons. The molecular weight excluding hydrogens is 411 g/mol. The minimum absolute atomic E-state index is 0. The summed E-state index contributed by atoms with van der Waals surface area (Å²) in [6, 6.07) is 14.5. The summed E-state index contributed by atoms with van der Waals surface area (Å²) in [5.74, 6) is 1.55. The van der Waals surface area contributed by atoms with E-state index < -0.39 is 0 Å². The van der Waals surface area contributed by atoms with Crippen molar-refractivity contribution >= 4 is 24.8 Å². The minimum Gasteiger partial charge on any atom is -0.493 e. The fraction of sp³-hybridized carbons (Fsp3) is 0.455. The third kappa shape index (κ3) is 8.41. The average molecular weight is 443 g/mol. The zero-order valence-electron chi connectivity index (χ0n) is 17.2. The van der Waals surface area contributed by atoms with Crippen molar-refractivity contribution in [3.8, 4) is 11.5 Å². The van der Waals surface area contributed by atoms with Gasteiger partial charge in [-0.1, -0.05) is 35.9 Å². The Morgan fingerprint density at radius 2 is 1.66 bits per heavy atom. The lowest BCUT2D eigenvalue weighted by Crippen LogP contribution is -2.40. The first-order valence-electron chi connectivity index (χ1n) is 9.60. The van der Waals surface area contributed by atoms with Gasteiger partial charge in [0.1, 0.15) is 6.61 Å². The second kappa shape index (κ2) is 13.7. The molecule has 1 N–H and O–H groups in total. The highest BCUT2D eigenvalue weighted by Gasteiger charge is 2.10. The van der Waals surface area contributed by atoms with Gasteiger partial charge in [-0.05, 0) is 30.2 Å². The Hall–Kier alpha value is -1.50. The fourth-order valence-electron chi connectivity index (χ4n) is 3.08. The quantitative estimate of drug-likeness (QED) is 0.597. The Labute approximate surface area is 186 Å². The lowest BCUT2D eigenvalue weighted by atomic mass is 10.1. The van der Waals surface area contributed by atoms with Gasteiger partial charge >= 0.3 is 0 Å². The topological polar surface area (TPSA) is 43.0 Å². The highest BCUT2D eigenvalue weighted by molar-refractivity contribution is 5.85. The van der Waals surface area contributed by atoms with Crippen molar-refractivity contribution in [2.75, 3.05) is 46.5 Å². The summed E-state index contributed by atoms with van der Waals surface area (Å²) in [7, 11) is 1.68. The van der Waals surface area contributed by atoms with Gasteiger partial charge in [0.25, 0.3) is 0 Å². The Morgan fingerprint density at radius 1 is 0.966 bits per heavy atom. The molecule has 1 aliphatic rings. The van der Waals surface area contributed by atoms with Crippen LogP contribution >= 0.6 is 24.8 Å². The molecule has 0 spiro atoms. The van der Waals surface area contributed by atoms with Crippen LogP contribution in [0.4, 0.5) is 0 Å². The summed E-state index contributed by atoms with van der Waals surface area (Å²) in [6.45, 7) is 9.22. The van der Waals surface area contributed by atoms with Gasteiger partial charge in [-0.3, -0.25) is 4.90 Å². The van der Waals surface area contributed by atoms with Crippen LogP contribution in [0.15, 0.2) is 42.5 Å². The molecule has 2 aromatic rings. The molecule has 5 nitrogen and oxygen atoms in total. The van der Waals surface area contributed by atoms with E-state index in [1.54, 1.807) is 7.11 Å². The van der Waals surface area contributed by atoms with E-state index >= 15 is 0 Å². The molecular formula is C22H32Cl2N2O3. The molecule has 1 aliphatic heterocycles. The zero-order chi connectivity index (χ0) is 18.9. The van der Waals surface area contributed by atoms with Gasteiger partial charge in [-0.25, -0.2) is 0 Å². The van der Waals surface area contributed by atoms with Gasteiger partial charge in [0, 0.05) is 32.7 Å². The van der Waals surface area contributed by atoms with Crippen molar-refractivity contribution in [2.24, 2.45) is 0 Å². The zero-order valence-corrected chi connectivity index (χ0v) is 18.8. The van der Waals surface area contributed by atoms with E-state index in [0.29, 0.717) is 6.61 Å². The lowest BCUT2D eigenvalue weighted by molar-refractivity contribution is 0.0384. The Kier molecular flexibility index (Phi) is 12.0. The predicted octanol–water partition coefficient (Wildman–Crippen LogP) is 3.85. The lowest BCUT2D eigenvalue weighted by Gasteiger charge is -2.26. The van der Waals surface area contributed by atoms with E-state index in [-0.39, 0.29) is 24.8 Å². The summed E-state index contributed by atoms with van der Waals surface area (Å²) in [6.07, 6.45) is 0. The van der Waals surface area contributed by atoms with Crippen LogP contribution in [0, 0.1) is 6.92 Å². The van der Waals surface area contributed by atoms with E-state index in [9.17, 15) is 0 Å². The summed E-state index contributed by atoms with van der Waals surface area (Å²) in [5.41, 5.74) is 3.59. The van der Waals surface area contributed by atoms with Crippen LogP contribution in [0.1, 0.15) is 16.7 Å². The SMILES string of the molecule is COc1cc(CNCCN2CCOCC2)ccc1OCc1ccc(C)cc1.Cl.Cl. The van der Waals surface area contributed by atoms with E-state index in [1.807, 2.05) is 12.1 Å². The molecule has 0 saturated carbocycles. The number of rotatable bonds is 9. The maximum absolute atomic E-state index is 5.95. The first-order chi connectivity index (χ1) is 13.2. The Morgan fingerprint density at radius 3 is 2.34 bits per heavy atom. The van der Waals surface area contributed by atoms with E-state index in [0.717, 1.165) is 63.0 Å². The van der Waals surface area contributed by atoms with E-state index in [2.05, 4.69) is 47.5 Å². The van der Waals surface area contributed by atoms with Crippen molar-refractivity contribution in [2.45, 2.75) is 20.1 Å². The van der Waals surface area contributed by atoms with E-state index in [4.69, 9.17) is 14.2 Å². The highest BCUT2D eigenvalue weighted by Crippen LogP contribution is 2.28. The molecule has 0 amide bonds. The van der Waals surface area contributed by atoms with Crippen molar-refractivity contribution < 1.29 is 14.2 Å².